The molecule has 0 saturated carbocycles. The summed E-state index contributed by atoms with van der Waals surface area (Å²) in [7, 11) is 0. The molecule has 2 rings (SSSR count). The van der Waals surface area contributed by atoms with Crippen LogP contribution in [-0.4, -0.2) is 24.3 Å². The first-order chi connectivity index (χ1) is 12.1. The van der Waals surface area contributed by atoms with E-state index in [1.54, 1.807) is 11.8 Å². The lowest BCUT2D eigenvalue weighted by molar-refractivity contribution is -0.120. The third-order valence-corrected chi connectivity index (χ3v) is 5.13. The van der Waals surface area contributed by atoms with E-state index in [1.165, 1.54) is 11.1 Å². The van der Waals surface area contributed by atoms with Crippen LogP contribution in [0.5, 0.6) is 5.75 Å². The van der Waals surface area contributed by atoms with Crippen LogP contribution in [0.25, 0.3) is 0 Å². The van der Waals surface area contributed by atoms with Crippen molar-refractivity contribution in [1.29, 1.82) is 0 Å². The number of benzene rings is 2. The third-order valence-electron chi connectivity index (χ3n) is 3.91. The van der Waals surface area contributed by atoms with E-state index in [2.05, 4.69) is 37.4 Å². The molecule has 1 amide bonds. The molecule has 25 heavy (non-hydrogen) atoms. The Morgan fingerprint density at radius 1 is 1.04 bits per heavy atom. The molecule has 0 fully saturated rings. The third kappa shape index (κ3) is 6.46. The van der Waals surface area contributed by atoms with Crippen LogP contribution in [0, 0.1) is 0 Å². The van der Waals surface area contributed by atoms with E-state index < -0.39 is 0 Å². The predicted octanol–water partition coefficient (Wildman–Crippen LogP) is 4.63. The van der Waals surface area contributed by atoms with E-state index in [4.69, 9.17) is 4.74 Å². The van der Waals surface area contributed by atoms with E-state index in [0.717, 1.165) is 11.5 Å². The van der Waals surface area contributed by atoms with Crippen molar-refractivity contribution in [2.45, 2.75) is 37.7 Å². The molecule has 0 radical (unpaired) electrons. The fourth-order valence-electron chi connectivity index (χ4n) is 2.44. The van der Waals surface area contributed by atoms with E-state index in [-0.39, 0.29) is 11.2 Å². The van der Waals surface area contributed by atoms with Crippen molar-refractivity contribution < 1.29 is 9.53 Å². The normalized spacial score (nSPS) is 12.0. The SMILES string of the molecule is CC(SCc1ccccc1)C(=O)NCCOc1ccccc1C(C)C. The molecule has 2 aromatic carbocycles. The van der Waals surface area contributed by atoms with Crippen molar-refractivity contribution in [3.8, 4) is 5.75 Å². The summed E-state index contributed by atoms with van der Waals surface area (Å²) in [6, 6.07) is 18.3. The van der Waals surface area contributed by atoms with Crippen molar-refractivity contribution in [2.75, 3.05) is 13.2 Å². The molecular formula is C21H27NO2S. The van der Waals surface area contributed by atoms with Gasteiger partial charge in [-0.25, -0.2) is 0 Å². The fourth-order valence-corrected chi connectivity index (χ4v) is 3.31. The van der Waals surface area contributed by atoms with Gasteiger partial charge in [-0.05, 0) is 30.0 Å². The van der Waals surface area contributed by atoms with Gasteiger partial charge in [-0.2, -0.15) is 0 Å². The summed E-state index contributed by atoms with van der Waals surface area (Å²) >= 11 is 1.65. The summed E-state index contributed by atoms with van der Waals surface area (Å²) < 4.78 is 5.84. The molecule has 1 atom stereocenters. The van der Waals surface area contributed by atoms with Crippen LogP contribution in [0.1, 0.15) is 37.8 Å². The first-order valence-corrected chi connectivity index (χ1v) is 9.77. The molecule has 0 saturated heterocycles. The molecule has 4 heteroatoms. The van der Waals surface area contributed by atoms with Crippen LogP contribution >= 0.6 is 11.8 Å². The molecule has 0 heterocycles. The lowest BCUT2D eigenvalue weighted by atomic mass is 10.0. The number of para-hydroxylation sites is 1. The smallest absolute Gasteiger partial charge is 0.232 e. The second kappa shape index (κ2) is 10.1. The number of hydrogen-bond acceptors (Lipinski definition) is 3. The minimum absolute atomic E-state index is 0.0571. The average molecular weight is 358 g/mol. The standard InChI is InChI=1S/C21H27NO2S/c1-16(2)19-11-7-8-12-20(19)24-14-13-22-21(23)17(3)25-15-18-9-5-4-6-10-18/h4-12,16-17H,13-15H2,1-3H3,(H,22,23). The van der Waals surface area contributed by atoms with Gasteiger partial charge >= 0.3 is 0 Å². The van der Waals surface area contributed by atoms with Gasteiger partial charge in [-0.1, -0.05) is 62.4 Å². The maximum atomic E-state index is 12.2. The van der Waals surface area contributed by atoms with Crippen LogP contribution in [0.2, 0.25) is 0 Å². The first-order valence-electron chi connectivity index (χ1n) is 8.73. The predicted molar refractivity (Wildman–Crippen MR) is 106 cm³/mol. The quantitative estimate of drug-likeness (QED) is 0.665. The first kappa shape index (κ1) is 19.4. The van der Waals surface area contributed by atoms with Gasteiger partial charge in [0.25, 0.3) is 0 Å². The van der Waals surface area contributed by atoms with E-state index in [1.807, 2.05) is 43.3 Å². The minimum atomic E-state index is -0.0804. The summed E-state index contributed by atoms with van der Waals surface area (Å²) in [6.45, 7) is 7.23. The molecule has 0 aliphatic rings. The number of carbonyl (C=O) groups is 1. The Kier molecular flexibility index (Phi) is 7.86. The monoisotopic (exact) mass is 357 g/mol. The van der Waals surface area contributed by atoms with Gasteiger partial charge in [0.1, 0.15) is 12.4 Å². The van der Waals surface area contributed by atoms with Crippen LogP contribution in [-0.2, 0) is 10.5 Å². The number of rotatable bonds is 9. The minimum Gasteiger partial charge on any atom is -0.491 e. The van der Waals surface area contributed by atoms with Crippen LogP contribution < -0.4 is 10.1 Å². The van der Waals surface area contributed by atoms with Gasteiger partial charge in [-0.15, -0.1) is 11.8 Å². The van der Waals surface area contributed by atoms with Crippen LogP contribution in [0.3, 0.4) is 0 Å². The summed E-state index contributed by atoms with van der Waals surface area (Å²) in [4.78, 5) is 12.2. The van der Waals surface area contributed by atoms with Gasteiger partial charge in [-0.3, -0.25) is 4.79 Å². The second-order valence-electron chi connectivity index (χ2n) is 6.27. The Labute approximate surface area is 155 Å². The Bertz CT molecular complexity index is 658. The van der Waals surface area contributed by atoms with Gasteiger partial charge in [0.05, 0.1) is 11.8 Å². The zero-order valence-electron chi connectivity index (χ0n) is 15.2. The maximum absolute atomic E-state index is 12.2. The molecule has 0 spiro atoms. The van der Waals surface area contributed by atoms with Gasteiger partial charge in [0.15, 0.2) is 0 Å². The number of hydrogen-bond donors (Lipinski definition) is 1. The number of amides is 1. The molecule has 134 valence electrons. The molecule has 1 unspecified atom stereocenters. The second-order valence-corrected chi connectivity index (χ2v) is 7.60. The van der Waals surface area contributed by atoms with E-state index in [9.17, 15) is 4.79 Å². The summed E-state index contributed by atoms with van der Waals surface area (Å²) in [5.74, 6) is 2.22. The number of ether oxygens (including phenoxy) is 1. The molecule has 0 aliphatic carbocycles. The van der Waals surface area contributed by atoms with Crippen molar-refractivity contribution in [2.24, 2.45) is 0 Å². The van der Waals surface area contributed by atoms with Crippen molar-refractivity contribution in [1.82, 2.24) is 5.32 Å². The molecule has 1 N–H and O–H groups in total. The van der Waals surface area contributed by atoms with Crippen molar-refractivity contribution in [3.63, 3.8) is 0 Å². The van der Waals surface area contributed by atoms with Crippen molar-refractivity contribution in [3.05, 3.63) is 65.7 Å². The van der Waals surface area contributed by atoms with Gasteiger partial charge < -0.3 is 10.1 Å². The summed E-state index contributed by atoms with van der Waals surface area (Å²) in [5, 5.41) is 2.87. The zero-order valence-corrected chi connectivity index (χ0v) is 16.0. The number of thioether (sulfide) groups is 1. The molecule has 0 aliphatic heterocycles. The fraction of sp³-hybridized carbons (Fsp3) is 0.381. The highest BCUT2D eigenvalue weighted by molar-refractivity contribution is 7.99. The van der Waals surface area contributed by atoms with Gasteiger partial charge in [0.2, 0.25) is 5.91 Å². The van der Waals surface area contributed by atoms with Crippen LogP contribution in [0.4, 0.5) is 0 Å². The number of nitrogens with one attached hydrogen (secondary N) is 1. The van der Waals surface area contributed by atoms with E-state index in [0.29, 0.717) is 19.1 Å². The average Bonchev–Trinajstić information content (AvgIpc) is 2.64. The van der Waals surface area contributed by atoms with Crippen LogP contribution in [0.15, 0.2) is 54.6 Å². The highest BCUT2D eigenvalue weighted by Gasteiger charge is 2.13. The molecule has 0 aromatic heterocycles. The summed E-state index contributed by atoms with van der Waals surface area (Å²) in [5.41, 5.74) is 2.43. The number of carbonyl (C=O) groups excluding carboxylic acids is 1. The highest BCUT2D eigenvalue weighted by Crippen LogP contribution is 2.25. The van der Waals surface area contributed by atoms with E-state index >= 15 is 0 Å². The molecule has 0 bridgehead atoms. The molecular weight excluding hydrogens is 330 g/mol. The molecule has 2 aromatic rings. The lowest BCUT2D eigenvalue weighted by Crippen LogP contribution is -2.34. The highest BCUT2D eigenvalue weighted by atomic mass is 32.2. The van der Waals surface area contributed by atoms with Gasteiger partial charge in [0, 0.05) is 5.75 Å². The largest absolute Gasteiger partial charge is 0.491 e. The molecule has 3 nitrogen and oxygen atoms in total. The van der Waals surface area contributed by atoms with Crippen molar-refractivity contribution >= 4 is 17.7 Å². The maximum Gasteiger partial charge on any atom is 0.232 e. The lowest BCUT2D eigenvalue weighted by Gasteiger charge is -2.15. The Balaban J connectivity index is 1.70. The Morgan fingerprint density at radius 2 is 1.72 bits per heavy atom. The Morgan fingerprint density at radius 3 is 2.44 bits per heavy atom. The zero-order chi connectivity index (χ0) is 18.1. The summed E-state index contributed by atoms with van der Waals surface area (Å²) in [6.07, 6.45) is 0. The Hall–Kier alpha value is -1.94. The topological polar surface area (TPSA) is 38.3 Å².